The SMILES string of the molecule is Cc1cc2c(cc1/C=C1\C(=O)NC(=S)N(c3ccc(Cl)cc3)C1=O)C(C)CC(C)(C)N2C(C)C. The third-order valence-electron chi connectivity index (χ3n) is 6.67. The van der Waals surface area contributed by atoms with Crippen LogP contribution in [0.1, 0.15) is 63.6 Å². The first-order chi connectivity index (χ1) is 15.9. The summed E-state index contributed by atoms with van der Waals surface area (Å²) in [5.74, 6) is -0.590. The molecule has 1 atom stereocenters. The molecule has 1 N–H and O–H groups in total. The lowest BCUT2D eigenvalue weighted by Gasteiger charge is -2.50. The van der Waals surface area contributed by atoms with E-state index in [9.17, 15) is 9.59 Å². The van der Waals surface area contributed by atoms with E-state index in [-0.39, 0.29) is 16.2 Å². The van der Waals surface area contributed by atoms with Crippen LogP contribution in [-0.4, -0.2) is 28.5 Å². The molecule has 7 heteroatoms. The van der Waals surface area contributed by atoms with Gasteiger partial charge in [0.25, 0.3) is 11.8 Å². The van der Waals surface area contributed by atoms with Crippen LogP contribution in [0.4, 0.5) is 11.4 Å². The lowest BCUT2D eigenvalue weighted by Crippen LogP contribution is -2.54. The van der Waals surface area contributed by atoms with E-state index in [0.717, 1.165) is 17.5 Å². The van der Waals surface area contributed by atoms with Gasteiger partial charge in [0.15, 0.2) is 5.11 Å². The van der Waals surface area contributed by atoms with Gasteiger partial charge in [-0.15, -0.1) is 0 Å². The summed E-state index contributed by atoms with van der Waals surface area (Å²) >= 11 is 11.3. The summed E-state index contributed by atoms with van der Waals surface area (Å²) in [7, 11) is 0. The Balaban J connectivity index is 1.78. The minimum Gasteiger partial charge on any atom is -0.364 e. The van der Waals surface area contributed by atoms with E-state index >= 15 is 0 Å². The van der Waals surface area contributed by atoms with E-state index in [1.165, 1.54) is 16.2 Å². The summed E-state index contributed by atoms with van der Waals surface area (Å²) in [4.78, 5) is 30.0. The molecule has 2 aliphatic rings. The molecular weight excluding hydrogens is 466 g/mol. The molecule has 2 aliphatic heterocycles. The molecule has 178 valence electrons. The number of amides is 2. The van der Waals surface area contributed by atoms with Gasteiger partial charge in [-0.1, -0.05) is 18.5 Å². The van der Waals surface area contributed by atoms with Gasteiger partial charge in [-0.3, -0.25) is 19.8 Å². The number of hydrogen-bond donors (Lipinski definition) is 1. The van der Waals surface area contributed by atoms with Crippen LogP contribution in [0, 0.1) is 6.92 Å². The van der Waals surface area contributed by atoms with Crippen molar-refractivity contribution in [3.8, 4) is 0 Å². The highest BCUT2D eigenvalue weighted by molar-refractivity contribution is 7.80. The van der Waals surface area contributed by atoms with Gasteiger partial charge in [-0.2, -0.15) is 0 Å². The molecule has 1 saturated heterocycles. The molecule has 4 rings (SSSR count). The number of thiocarbonyl (C=S) groups is 1. The molecule has 1 unspecified atom stereocenters. The Morgan fingerprint density at radius 1 is 1.18 bits per heavy atom. The predicted molar refractivity (Wildman–Crippen MR) is 144 cm³/mol. The summed E-state index contributed by atoms with van der Waals surface area (Å²) in [6.45, 7) is 13.3. The number of benzene rings is 2. The molecule has 0 aromatic heterocycles. The van der Waals surface area contributed by atoms with Crippen LogP contribution in [0.15, 0.2) is 42.0 Å². The molecule has 2 aromatic carbocycles. The Morgan fingerprint density at radius 3 is 2.44 bits per heavy atom. The van der Waals surface area contributed by atoms with Crippen molar-refractivity contribution in [2.75, 3.05) is 9.80 Å². The van der Waals surface area contributed by atoms with Crippen molar-refractivity contribution in [2.24, 2.45) is 0 Å². The number of aryl methyl sites for hydroxylation is 1. The normalized spacial score (nSPS) is 21.2. The molecule has 0 saturated carbocycles. The van der Waals surface area contributed by atoms with Crippen LogP contribution in [-0.2, 0) is 9.59 Å². The largest absolute Gasteiger partial charge is 0.364 e. The first-order valence-electron chi connectivity index (χ1n) is 11.5. The molecule has 0 spiro atoms. The standard InChI is InChI=1S/C27H30ClN3O2S/c1-15(2)31-23-11-16(3)18(12-21(23)17(4)14-27(31,5)6)13-22-24(32)29-26(34)30(25(22)33)20-9-7-19(28)8-10-20/h7-13,15,17H,14H2,1-6H3,(H,29,32,34)/b22-13+. The lowest BCUT2D eigenvalue weighted by atomic mass is 9.78. The van der Waals surface area contributed by atoms with Crippen LogP contribution in [0.5, 0.6) is 0 Å². The van der Waals surface area contributed by atoms with Gasteiger partial charge in [0.2, 0.25) is 0 Å². The Kier molecular flexibility index (Phi) is 6.34. The van der Waals surface area contributed by atoms with E-state index in [1.54, 1.807) is 30.3 Å². The molecule has 0 radical (unpaired) electrons. The number of halogens is 1. The number of nitrogens with zero attached hydrogens (tertiary/aromatic N) is 2. The summed E-state index contributed by atoms with van der Waals surface area (Å²) in [5, 5.41) is 3.26. The highest BCUT2D eigenvalue weighted by Crippen LogP contribution is 2.45. The highest BCUT2D eigenvalue weighted by Gasteiger charge is 2.38. The molecule has 0 bridgehead atoms. The third-order valence-corrected chi connectivity index (χ3v) is 7.20. The number of fused-ring (bicyclic) bond motifs is 1. The van der Waals surface area contributed by atoms with Crippen molar-refractivity contribution in [1.82, 2.24) is 5.32 Å². The van der Waals surface area contributed by atoms with Crippen LogP contribution in [0.25, 0.3) is 6.08 Å². The number of hydrogen-bond acceptors (Lipinski definition) is 4. The molecule has 34 heavy (non-hydrogen) atoms. The maximum absolute atomic E-state index is 13.4. The predicted octanol–water partition coefficient (Wildman–Crippen LogP) is 5.98. The van der Waals surface area contributed by atoms with Crippen molar-refractivity contribution in [2.45, 2.75) is 65.5 Å². The second-order valence-electron chi connectivity index (χ2n) is 10.1. The number of carbonyl (C=O) groups is 2. The quantitative estimate of drug-likeness (QED) is 0.323. The van der Waals surface area contributed by atoms with Gasteiger partial charge < -0.3 is 4.90 Å². The Morgan fingerprint density at radius 2 is 1.82 bits per heavy atom. The topological polar surface area (TPSA) is 52.7 Å². The third kappa shape index (κ3) is 4.25. The van der Waals surface area contributed by atoms with Gasteiger partial charge in [-0.05, 0) is 118 Å². The van der Waals surface area contributed by atoms with Gasteiger partial charge in [0.05, 0.1) is 5.69 Å². The average molecular weight is 496 g/mol. The number of nitrogens with one attached hydrogen (secondary N) is 1. The molecule has 5 nitrogen and oxygen atoms in total. The van der Waals surface area contributed by atoms with Crippen LogP contribution < -0.4 is 15.1 Å². The summed E-state index contributed by atoms with van der Waals surface area (Å²) in [6, 6.07) is 11.4. The van der Waals surface area contributed by atoms with E-state index in [2.05, 4.69) is 57.0 Å². The minimum atomic E-state index is -0.490. The second kappa shape index (κ2) is 8.82. The number of anilines is 2. The first-order valence-corrected chi connectivity index (χ1v) is 12.3. The van der Waals surface area contributed by atoms with Gasteiger partial charge in [0, 0.05) is 22.3 Å². The molecule has 1 fully saturated rings. The maximum Gasteiger partial charge on any atom is 0.270 e. The molecule has 2 amide bonds. The van der Waals surface area contributed by atoms with Crippen LogP contribution in [0.3, 0.4) is 0 Å². The smallest absolute Gasteiger partial charge is 0.270 e. The zero-order valence-electron chi connectivity index (χ0n) is 20.4. The van der Waals surface area contributed by atoms with Crippen LogP contribution in [0.2, 0.25) is 5.02 Å². The monoisotopic (exact) mass is 495 g/mol. The zero-order chi connectivity index (χ0) is 24.9. The molecule has 0 aliphatic carbocycles. The van der Waals surface area contributed by atoms with Gasteiger partial charge in [0.1, 0.15) is 5.57 Å². The van der Waals surface area contributed by atoms with E-state index in [1.807, 2.05) is 6.92 Å². The first kappa shape index (κ1) is 24.4. The maximum atomic E-state index is 13.4. The second-order valence-corrected chi connectivity index (χ2v) is 10.9. The summed E-state index contributed by atoms with van der Waals surface area (Å²) < 4.78 is 0. The fourth-order valence-corrected chi connectivity index (χ4v) is 5.79. The van der Waals surface area contributed by atoms with E-state index in [4.69, 9.17) is 23.8 Å². The van der Waals surface area contributed by atoms with Crippen molar-refractivity contribution < 1.29 is 9.59 Å². The zero-order valence-corrected chi connectivity index (χ0v) is 22.0. The molecular formula is C27H30ClN3O2S. The number of rotatable bonds is 3. The van der Waals surface area contributed by atoms with Crippen molar-refractivity contribution in [3.63, 3.8) is 0 Å². The Hall–Kier alpha value is -2.70. The Bertz CT molecular complexity index is 1220. The van der Waals surface area contributed by atoms with Crippen LogP contribution >= 0.6 is 23.8 Å². The van der Waals surface area contributed by atoms with Crippen molar-refractivity contribution >= 4 is 58.2 Å². The fraction of sp³-hybridized carbons (Fsp3) is 0.370. The van der Waals surface area contributed by atoms with Crippen molar-refractivity contribution in [3.05, 3.63) is 63.7 Å². The number of carbonyl (C=O) groups excluding carboxylic acids is 2. The molecule has 2 heterocycles. The van der Waals surface area contributed by atoms with E-state index < -0.39 is 11.8 Å². The highest BCUT2D eigenvalue weighted by atomic mass is 35.5. The molecule has 2 aromatic rings. The van der Waals surface area contributed by atoms with Crippen molar-refractivity contribution in [1.29, 1.82) is 0 Å². The minimum absolute atomic E-state index is 0.0427. The fourth-order valence-electron chi connectivity index (χ4n) is 5.38. The lowest BCUT2D eigenvalue weighted by molar-refractivity contribution is -0.122. The van der Waals surface area contributed by atoms with Gasteiger partial charge >= 0.3 is 0 Å². The summed E-state index contributed by atoms with van der Waals surface area (Å²) in [6.07, 6.45) is 2.71. The average Bonchev–Trinajstić information content (AvgIpc) is 2.72. The summed E-state index contributed by atoms with van der Waals surface area (Å²) in [5.41, 5.74) is 4.97. The van der Waals surface area contributed by atoms with E-state index in [0.29, 0.717) is 22.7 Å². The van der Waals surface area contributed by atoms with Gasteiger partial charge in [-0.25, -0.2) is 0 Å². The Labute approximate surface area is 211 Å².